The van der Waals surface area contributed by atoms with Crippen LogP contribution in [0.5, 0.6) is 11.5 Å². The lowest BCUT2D eigenvalue weighted by Crippen LogP contribution is -2.37. The predicted octanol–water partition coefficient (Wildman–Crippen LogP) is 4.92. The topological polar surface area (TPSA) is 84.9 Å². The van der Waals surface area contributed by atoms with Gasteiger partial charge in [0.25, 0.3) is 17.1 Å². The lowest BCUT2D eigenvalue weighted by atomic mass is 10.0. The van der Waals surface area contributed by atoms with Gasteiger partial charge in [-0.05, 0) is 59.5 Å². The molecule has 1 saturated heterocycles. The fourth-order valence-corrected chi connectivity index (χ4v) is 5.35. The van der Waals surface area contributed by atoms with E-state index in [-0.39, 0.29) is 36.9 Å². The minimum Gasteiger partial charge on any atom is -0.454 e. The highest BCUT2D eigenvalue weighted by Crippen LogP contribution is 2.36. The van der Waals surface area contributed by atoms with E-state index in [1.54, 1.807) is 24.3 Å². The van der Waals surface area contributed by atoms with Gasteiger partial charge >= 0.3 is 0 Å². The lowest BCUT2D eigenvalue weighted by molar-refractivity contribution is -0.122. The molecule has 3 amide bonds. The number of thiophene rings is 1. The van der Waals surface area contributed by atoms with E-state index in [0.717, 1.165) is 38.9 Å². The number of imide groups is 1. The quantitative estimate of drug-likeness (QED) is 0.492. The van der Waals surface area contributed by atoms with Gasteiger partial charge in [-0.1, -0.05) is 35.9 Å². The van der Waals surface area contributed by atoms with Gasteiger partial charge in [0.1, 0.15) is 0 Å². The number of ether oxygens (including phenoxy) is 2. The van der Waals surface area contributed by atoms with Crippen LogP contribution in [0.3, 0.4) is 0 Å². The first-order valence-corrected chi connectivity index (χ1v) is 12.3. The lowest BCUT2D eigenvalue weighted by Gasteiger charge is -2.13. The Balaban J connectivity index is 1.21. The van der Waals surface area contributed by atoms with Crippen molar-refractivity contribution < 1.29 is 23.9 Å². The Hall–Kier alpha value is -3.56. The van der Waals surface area contributed by atoms with E-state index in [1.165, 1.54) is 11.3 Å². The maximum absolute atomic E-state index is 12.8. The summed E-state index contributed by atoms with van der Waals surface area (Å²) in [6, 6.07) is 15.2. The Morgan fingerprint density at radius 2 is 1.88 bits per heavy atom. The van der Waals surface area contributed by atoms with Gasteiger partial charge in [-0.15, -0.1) is 11.3 Å². The molecule has 0 atom stereocenters. The number of carbonyl (C=O) groups is 3. The Morgan fingerprint density at radius 1 is 1.09 bits per heavy atom. The van der Waals surface area contributed by atoms with Gasteiger partial charge in [0, 0.05) is 18.7 Å². The molecule has 0 unspecified atom stereocenters. The number of aryl methyl sites for hydroxylation is 1. The van der Waals surface area contributed by atoms with Gasteiger partial charge < -0.3 is 14.8 Å². The fraction of sp³-hybridized carbons (Fsp3) is 0.160. The third-order valence-electron chi connectivity index (χ3n) is 5.42. The zero-order chi connectivity index (χ0) is 23.7. The third kappa shape index (κ3) is 4.44. The maximum Gasteiger partial charge on any atom is 0.293 e. The number of carbonyl (C=O) groups excluding carboxylic acids is 3. The van der Waals surface area contributed by atoms with Gasteiger partial charge in [-0.3, -0.25) is 19.3 Å². The largest absolute Gasteiger partial charge is 0.454 e. The Kier molecular flexibility index (Phi) is 6.12. The van der Waals surface area contributed by atoms with E-state index in [4.69, 9.17) is 9.47 Å². The van der Waals surface area contributed by atoms with Crippen molar-refractivity contribution in [2.45, 2.75) is 6.92 Å². The summed E-state index contributed by atoms with van der Waals surface area (Å²) < 4.78 is 10.7. The van der Waals surface area contributed by atoms with Crippen molar-refractivity contribution in [3.8, 4) is 22.6 Å². The SMILES string of the molecule is Cc1ccc(-c2ccsc2C(=O)NCCN2C(=O)S/C(=C\c3ccc4c(c3)OCO4)C2=O)cc1. The zero-order valence-electron chi connectivity index (χ0n) is 18.2. The smallest absolute Gasteiger partial charge is 0.293 e. The number of hydrogen-bond donors (Lipinski definition) is 1. The Morgan fingerprint density at radius 3 is 2.71 bits per heavy atom. The van der Waals surface area contributed by atoms with Crippen molar-refractivity contribution in [1.29, 1.82) is 0 Å². The third-order valence-corrected chi connectivity index (χ3v) is 7.24. The maximum atomic E-state index is 12.8. The number of amides is 3. The average Bonchev–Trinajstić information content (AvgIpc) is 3.55. The molecular weight excluding hydrogens is 472 g/mol. The Bertz CT molecular complexity index is 1310. The minimum absolute atomic E-state index is 0.0973. The van der Waals surface area contributed by atoms with Gasteiger partial charge in [-0.25, -0.2) is 0 Å². The summed E-state index contributed by atoms with van der Waals surface area (Å²) in [5.74, 6) is 0.651. The summed E-state index contributed by atoms with van der Waals surface area (Å²) in [5, 5.41) is 4.35. The molecule has 0 bridgehead atoms. The normalized spacial score (nSPS) is 15.9. The number of thioether (sulfide) groups is 1. The van der Waals surface area contributed by atoms with E-state index in [9.17, 15) is 14.4 Å². The highest BCUT2D eigenvalue weighted by molar-refractivity contribution is 8.18. The molecule has 2 aliphatic heterocycles. The second kappa shape index (κ2) is 9.36. The van der Waals surface area contributed by atoms with Crippen LogP contribution in [0.25, 0.3) is 17.2 Å². The molecule has 1 N–H and O–H groups in total. The number of hydrogen-bond acceptors (Lipinski definition) is 7. The zero-order valence-corrected chi connectivity index (χ0v) is 19.8. The van der Waals surface area contributed by atoms with Gasteiger partial charge in [0.2, 0.25) is 6.79 Å². The average molecular weight is 493 g/mol. The molecule has 9 heteroatoms. The van der Waals surface area contributed by atoms with Crippen molar-refractivity contribution in [1.82, 2.24) is 10.2 Å². The van der Waals surface area contributed by atoms with Crippen LogP contribution in [0, 0.1) is 6.92 Å². The van der Waals surface area contributed by atoms with Crippen LogP contribution in [0.15, 0.2) is 58.8 Å². The number of nitrogens with zero attached hydrogens (tertiary/aromatic N) is 1. The van der Waals surface area contributed by atoms with Crippen molar-refractivity contribution in [2.75, 3.05) is 19.9 Å². The van der Waals surface area contributed by atoms with E-state index < -0.39 is 0 Å². The van der Waals surface area contributed by atoms with Crippen LogP contribution in [0.2, 0.25) is 0 Å². The molecule has 5 rings (SSSR count). The highest BCUT2D eigenvalue weighted by atomic mass is 32.2. The van der Waals surface area contributed by atoms with Crippen molar-refractivity contribution in [2.24, 2.45) is 0 Å². The van der Waals surface area contributed by atoms with E-state index in [0.29, 0.717) is 21.3 Å². The van der Waals surface area contributed by atoms with E-state index >= 15 is 0 Å². The van der Waals surface area contributed by atoms with Crippen LogP contribution >= 0.6 is 23.1 Å². The molecular formula is C25H20N2O5S2. The first-order valence-electron chi connectivity index (χ1n) is 10.6. The molecule has 2 aliphatic rings. The number of rotatable bonds is 6. The second-order valence-corrected chi connectivity index (χ2v) is 9.64. The molecule has 1 aromatic heterocycles. The summed E-state index contributed by atoms with van der Waals surface area (Å²) in [6.45, 7) is 2.44. The molecule has 0 saturated carbocycles. The molecule has 172 valence electrons. The summed E-state index contributed by atoms with van der Waals surface area (Å²) >= 11 is 2.24. The number of fused-ring (bicyclic) bond motifs is 1. The van der Waals surface area contributed by atoms with E-state index in [1.807, 2.05) is 42.6 Å². The fourth-order valence-electron chi connectivity index (χ4n) is 3.65. The molecule has 3 heterocycles. The minimum atomic E-state index is -0.376. The molecule has 2 aromatic carbocycles. The monoisotopic (exact) mass is 492 g/mol. The summed E-state index contributed by atoms with van der Waals surface area (Å²) in [4.78, 5) is 40.0. The summed E-state index contributed by atoms with van der Waals surface area (Å²) in [5.41, 5.74) is 3.72. The van der Waals surface area contributed by atoms with Crippen LogP contribution in [-0.4, -0.2) is 41.8 Å². The van der Waals surface area contributed by atoms with Crippen molar-refractivity contribution in [3.05, 3.63) is 74.8 Å². The van der Waals surface area contributed by atoms with Crippen LogP contribution in [-0.2, 0) is 4.79 Å². The number of benzene rings is 2. The molecule has 0 aliphatic carbocycles. The van der Waals surface area contributed by atoms with Crippen LogP contribution in [0.4, 0.5) is 4.79 Å². The van der Waals surface area contributed by atoms with Gasteiger partial charge in [-0.2, -0.15) is 0 Å². The molecule has 0 spiro atoms. The number of nitrogens with one attached hydrogen (secondary N) is 1. The highest BCUT2D eigenvalue weighted by Gasteiger charge is 2.34. The standard InChI is InChI=1S/C25H20N2O5S2/c1-15-2-5-17(6-3-15)18-8-11-33-22(18)23(28)26-9-10-27-24(29)21(34-25(27)30)13-16-4-7-19-20(12-16)32-14-31-19/h2-8,11-13H,9-10,14H2,1H3,(H,26,28)/b21-13-. The van der Waals surface area contributed by atoms with Crippen molar-refractivity contribution >= 4 is 46.2 Å². The van der Waals surface area contributed by atoms with Crippen molar-refractivity contribution in [3.63, 3.8) is 0 Å². The molecule has 34 heavy (non-hydrogen) atoms. The molecule has 3 aromatic rings. The van der Waals surface area contributed by atoms with Gasteiger partial charge in [0.15, 0.2) is 11.5 Å². The van der Waals surface area contributed by atoms with Gasteiger partial charge in [0.05, 0.1) is 9.78 Å². The first-order chi connectivity index (χ1) is 16.5. The van der Waals surface area contributed by atoms with Crippen LogP contribution < -0.4 is 14.8 Å². The first kappa shape index (κ1) is 22.2. The van der Waals surface area contributed by atoms with Crippen LogP contribution in [0.1, 0.15) is 20.8 Å². The summed E-state index contributed by atoms with van der Waals surface area (Å²) in [7, 11) is 0. The second-order valence-electron chi connectivity index (χ2n) is 7.73. The molecule has 1 fully saturated rings. The molecule has 7 nitrogen and oxygen atoms in total. The predicted molar refractivity (Wildman–Crippen MR) is 132 cm³/mol. The van der Waals surface area contributed by atoms with E-state index in [2.05, 4.69) is 5.32 Å². The molecule has 0 radical (unpaired) electrons. The Labute approximate surface area is 204 Å². The summed E-state index contributed by atoms with van der Waals surface area (Å²) in [6.07, 6.45) is 1.66.